The zero-order chi connectivity index (χ0) is 29.5. The highest BCUT2D eigenvalue weighted by atomic mass is 32.1. The zero-order valence-corrected chi connectivity index (χ0v) is 24.0. The lowest BCUT2D eigenvalue weighted by Gasteiger charge is -2.34. The number of halogens is 3. The molecule has 0 bridgehead atoms. The second kappa shape index (κ2) is 13.8. The Balaban J connectivity index is 2.49. The van der Waals surface area contributed by atoms with Gasteiger partial charge in [-0.1, -0.05) is 45.9 Å². The Bertz CT molecular complexity index is 1090. The summed E-state index contributed by atoms with van der Waals surface area (Å²) in [5.74, 6) is -2.87. The number of ketones is 1. The summed E-state index contributed by atoms with van der Waals surface area (Å²) < 4.78 is 47.0. The van der Waals surface area contributed by atoms with Gasteiger partial charge in [0.1, 0.15) is 16.9 Å². The molecule has 2 rings (SSSR count). The van der Waals surface area contributed by atoms with Crippen molar-refractivity contribution in [3.05, 3.63) is 45.5 Å². The Hall–Kier alpha value is -2.34. The van der Waals surface area contributed by atoms with Crippen molar-refractivity contribution in [2.45, 2.75) is 84.9 Å². The molecule has 1 unspecified atom stereocenters. The van der Waals surface area contributed by atoms with Gasteiger partial charge in [-0.15, -0.1) is 11.3 Å². The Morgan fingerprint density at radius 1 is 1.28 bits per heavy atom. The van der Waals surface area contributed by atoms with Crippen molar-refractivity contribution in [2.24, 2.45) is 17.3 Å². The number of aliphatic hydroxyl groups excluding tert-OH is 2. The Labute approximate surface area is 231 Å². The number of aromatic nitrogens is 1. The third-order valence-electron chi connectivity index (χ3n) is 7.07. The number of hydrogen-bond acceptors (Lipinski definition) is 8. The molecule has 39 heavy (non-hydrogen) atoms. The van der Waals surface area contributed by atoms with E-state index in [9.17, 15) is 33.0 Å². The maximum atomic E-state index is 13.8. The lowest BCUT2D eigenvalue weighted by Crippen LogP contribution is -2.45. The SMILES string of the molecule is CNCc1nc(/C=C(\C)C2C/C=C(/C(F)(F)F)C/C=C/[C@H](C)[C@H](O)[C@@H](C)C(=O)C(C)(C)[C@@H](O)CC(=O)O2)cs1. The summed E-state index contributed by atoms with van der Waals surface area (Å²) in [6, 6.07) is 0. The minimum Gasteiger partial charge on any atom is -0.457 e. The van der Waals surface area contributed by atoms with E-state index in [1.54, 1.807) is 32.4 Å². The number of cyclic esters (lactones) is 1. The number of carbonyl (C=O) groups is 2. The molecule has 0 amide bonds. The number of thiazole rings is 1. The molecule has 5 atom stereocenters. The molecule has 1 aromatic rings. The van der Waals surface area contributed by atoms with Crippen LogP contribution >= 0.6 is 11.3 Å². The number of Topliss-reactive ketones (excluding diaryl/α,β-unsaturated/α-hetero) is 1. The molecule has 0 aromatic carbocycles. The average Bonchev–Trinajstić information content (AvgIpc) is 3.28. The lowest BCUT2D eigenvalue weighted by atomic mass is 9.73. The number of aliphatic hydroxyl groups is 2. The predicted octanol–water partition coefficient (Wildman–Crippen LogP) is 5.00. The van der Waals surface area contributed by atoms with E-state index in [0.29, 0.717) is 17.8 Å². The maximum absolute atomic E-state index is 13.8. The van der Waals surface area contributed by atoms with Crippen molar-refractivity contribution in [2.75, 3.05) is 7.05 Å². The molecule has 3 N–H and O–H groups in total. The van der Waals surface area contributed by atoms with Crippen LogP contribution in [0.25, 0.3) is 6.08 Å². The second-order valence-electron chi connectivity index (χ2n) is 10.6. The van der Waals surface area contributed by atoms with Crippen LogP contribution in [0.15, 0.2) is 34.8 Å². The zero-order valence-electron chi connectivity index (χ0n) is 23.2. The maximum Gasteiger partial charge on any atom is 0.412 e. The van der Waals surface area contributed by atoms with Gasteiger partial charge in [0, 0.05) is 35.8 Å². The number of hydrogen-bond donors (Lipinski definition) is 3. The van der Waals surface area contributed by atoms with Gasteiger partial charge in [-0.3, -0.25) is 9.59 Å². The predicted molar refractivity (Wildman–Crippen MR) is 145 cm³/mol. The molecule has 0 aliphatic carbocycles. The van der Waals surface area contributed by atoms with Crippen LogP contribution in [-0.4, -0.2) is 58.5 Å². The number of rotatable bonds is 4. The van der Waals surface area contributed by atoms with E-state index in [0.717, 1.165) is 11.1 Å². The highest BCUT2D eigenvalue weighted by molar-refractivity contribution is 7.09. The molecule has 0 saturated heterocycles. The lowest BCUT2D eigenvalue weighted by molar-refractivity contribution is -0.154. The van der Waals surface area contributed by atoms with Crippen molar-refractivity contribution in [1.82, 2.24) is 10.3 Å². The molecule has 0 saturated carbocycles. The largest absolute Gasteiger partial charge is 0.457 e. The average molecular weight is 573 g/mol. The number of ether oxygens (including phenoxy) is 1. The van der Waals surface area contributed by atoms with E-state index >= 15 is 0 Å². The summed E-state index contributed by atoms with van der Waals surface area (Å²) >= 11 is 1.42. The van der Waals surface area contributed by atoms with Gasteiger partial charge in [0.05, 0.1) is 29.7 Å². The van der Waals surface area contributed by atoms with Gasteiger partial charge in [-0.25, -0.2) is 4.98 Å². The van der Waals surface area contributed by atoms with E-state index < -0.39 is 71.9 Å². The second-order valence-corrected chi connectivity index (χ2v) is 11.5. The van der Waals surface area contributed by atoms with E-state index in [-0.39, 0.29) is 6.42 Å². The summed E-state index contributed by atoms with van der Waals surface area (Å²) in [6.07, 6.45) is -4.09. The van der Waals surface area contributed by atoms with Crippen LogP contribution in [0.3, 0.4) is 0 Å². The van der Waals surface area contributed by atoms with Gasteiger partial charge in [0.25, 0.3) is 0 Å². The van der Waals surface area contributed by atoms with Crippen LogP contribution in [0.4, 0.5) is 13.2 Å². The number of esters is 1. The third-order valence-corrected chi connectivity index (χ3v) is 7.93. The quantitative estimate of drug-likeness (QED) is 0.344. The van der Waals surface area contributed by atoms with Crippen LogP contribution < -0.4 is 5.32 Å². The van der Waals surface area contributed by atoms with Crippen LogP contribution in [0.2, 0.25) is 0 Å². The molecule has 0 spiro atoms. The van der Waals surface area contributed by atoms with E-state index in [4.69, 9.17) is 4.74 Å². The molecular weight excluding hydrogens is 533 g/mol. The van der Waals surface area contributed by atoms with E-state index in [1.165, 1.54) is 44.3 Å². The van der Waals surface area contributed by atoms with Crippen molar-refractivity contribution in [3.8, 4) is 0 Å². The smallest absolute Gasteiger partial charge is 0.412 e. The number of nitrogens with zero attached hydrogens (tertiary/aromatic N) is 1. The molecule has 1 aliphatic heterocycles. The summed E-state index contributed by atoms with van der Waals surface area (Å²) in [5, 5.41) is 27.1. The molecule has 7 nitrogen and oxygen atoms in total. The first-order chi connectivity index (χ1) is 18.1. The van der Waals surface area contributed by atoms with Crippen molar-refractivity contribution in [3.63, 3.8) is 0 Å². The molecule has 0 radical (unpaired) electrons. The summed E-state index contributed by atoms with van der Waals surface area (Å²) in [7, 11) is 1.78. The molecule has 1 aromatic heterocycles. The van der Waals surface area contributed by atoms with Crippen LogP contribution in [0.1, 0.15) is 64.6 Å². The third kappa shape index (κ3) is 9.09. The molecule has 1 aliphatic rings. The van der Waals surface area contributed by atoms with Gasteiger partial charge in [0.15, 0.2) is 0 Å². The van der Waals surface area contributed by atoms with Gasteiger partial charge in [-0.2, -0.15) is 13.2 Å². The molecular formula is C28H39F3N2O5S. The Morgan fingerprint density at radius 3 is 2.56 bits per heavy atom. The van der Waals surface area contributed by atoms with Crippen molar-refractivity contribution < 1.29 is 37.7 Å². The summed E-state index contributed by atoms with van der Waals surface area (Å²) in [4.78, 5) is 30.5. The number of alkyl halides is 3. The fourth-order valence-corrected chi connectivity index (χ4v) is 5.11. The topological polar surface area (TPSA) is 109 Å². The van der Waals surface area contributed by atoms with Crippen LogP contribution in [0, 0.1) is 17.3 Å². The first-order valence-corrected chi connectivity index (χ1v) is 13.8. The normalized spacial score (nSPS) is 30.4. The standard InChI is InChI=1S/C28H39F3N2O5S/c1-16-8-7-9-19(28(29,30)31)10-11-21(17(2)12-20-15-39-23(33-20)14-32-6)38-24(35)13-22(34)27(4,5)26(37)18(3)25(16)36/h7-8,10,12,15-16,18,21-22,25,32,34,36H,9,11,13-14H2,1-6H3/b8-7+,17-12+,19-10+/t16-,18+,21?,22-,25-/m0/s1. The first-order valence-electron chi connectivity index (χ1n) is 12.9. The molecule has 0 fully saturated rings. The summed E-state index contributed by atoms with van der Waals surface area (Å²) in [5.41, 5.74) is -1.14. The minimum atomic E-state index is -4.62. The fraction of sp³-hybridized carbons (Fsp3) is 0.607. The minimum absolute atomic E-state index is 0.252. The summed E-state index contributed by atoms with van der Waals surface area (Å²) in [6.45, 7) is 8.29. The van der Waals surface area contributed by atoms with E-state index in [2.05, 4.69) is 10.3 Å². The van der Waals surface area contributed by atoms with Crippen LogP contribution in [0.5, 0.6) is 0 Å². The number of nitrogens with one attached hydrogen (secondary N) is 1. The Kier molecular flexibility index (Phi) is 11.7. The van der Waals surface area contributed by atoms with Gasteiger partial charge in [0.2, 0.25) is 0 Å². The number of carbonyl (C=O) groups excluding carboxylic acids is 2. The van der Waals surface area contributed by atoms with Crippen molar-refractivity contribution in [1.29, 1.82) is 0 Å². The van der Waals surface area contributed by atoms with Gasteiger partial charge >= 0.3 is 12.1 Å². The fourth-order valence-electron chi connectivity index (χ4n) is 4.35. The van der Waals surface area contributed by atoms with Crippen LogP contribution in [-0.2, 0) is 20.9 Å². The van der Waals surface area contributed by atoms with Gasteiger partial charge in [-0.05, 0) is 32.0 Å². The first kappa shape index (κ1) is 32.9. The highest BCUT2D eigenvalue weighted by Crippen LogP contribution is 2.33. The Morgan fingerprint density at radius 2 is 1.95 bits per heavy atom. The monoisotopic (exact) mass is 572 g/mol. The molecule has 218 valence electrons. The van der Waals surface area contributed by atoms with Crippen molar-refractivity contribution >= 4 is 29.2 Å². The van der Waals surface area contributed by atoms with Gasteiger partial charge < -0.3 is 20.3 Å². The molecule has 2 heterocycles. The number of allylic oxidation sites excluding steroid dienone is 2. The highest BCUT2D eigenvalue weighted by Gasteiger charge is 2.42. The van der Waals surface area contributed by atoms with E-state index in [1.807, 2.05) is 0 Å². The molecule has 11 heteroatoms.